The highest BCUT2D eigenvalue weighted by atomic mass is 35.5. The predicted octanol–water partition coefficient (Wildman–Crippen LogP) is 4.57. The van der Waals surface area contributed by atoms with Crippen LogP contribution in [0.4, 0.5) is 5.69 Å². The molecule has 2 aromatic carbocycles. The molecule has 4 rings (SSSR count). The van der Waals surface area contributed by atoms with Gasteiger partial charge in [0.2, 0.25) is 5.91 Å². The summed E-state index contributed by atoms with van der Waals surface area (Å²) >= 11 is 7.62. The minimum atomic E-state index is -0.287. The molecule has 28 heavy (non-hydrogen) atoms. The standard InChI is InChI=1S/C21H18ClN3O2S/c1-27-19-8-3-2-7-16(19)17-10-20(26)25-12-24(13-28-21(25)18(17)11-23)15-6-4-5-14(22)9-15/h2-9,17H,10,12-13H2,1H3/t17-/m0/s1. The molecule has 0 bridgehead atoms. The van der Waals surface area contributed by atoms with Gasteiger partial charge < -0.3 is 9.64 Å². The van der Waals surface area contributed by atoms with Crippen LogP contribution in [0.15, 0.2) is 59.1 Å². The number of methoxy groups -OCH3 is 1. The van der Waals surface area contributed by atoms with Crippen LogP contribution in [0.1, 0.15) is 17.9 Å². The number of hydrogen-bond donors (Lipinski definition) is 0. The van der Waals surface area contributed by atoms with Crippen LogP contribution in [0.3, 0.4) is 0 Å². The first kappa shape index (κ1) is 18.7. The topological polar surface area (TPSA) is 56.6 Å². The Labute approximate surface area is 173 Å². The number of nitriles is 1. The lowest BCUT2D eigenvalue weighted by atomic mass is 9.86. The maximum Gasteiger partial charge on any atom is 0.229 e. The van der Waals surface area contributed by atoms with Crippen molar-refractivity contribution < 1.29 is 9.53 Å². The van der Waals surface area contributed by atoms with E-state index < -0.39 is 0 Å². The van der Waals surface area contributed by atoms with Crippen LogP contribution in [0.5, 0.6) is 5.75 Å². The number of amides is 1. The third-order valence-corrected chi connectivity index (χ3v) is 6.37. The summed E-state index contributed by atoms with van der Waals surface area (Å²) in [5.74, 6) is 1.06. The molecule has 0 saturated carbocycles. The number of nitrogens with zero attached hydrogens (tertiary/aromatic N) is 3. The number of allylic oxidation sites excluding steroid dienone is 1. The number of anilines is 1. The second-order valence-electron chi connectivity index (χ2n) is 6.59. The molecule has 0 spiro atoms. The van der Waals surface area contributed by atoms with E-state index in [0.29, 0.717) is 28.9 Å². The van der Waals surface area contributed by atoms with Gasteiger partial charge in [0.1, 0.15) is 5.75 Å². The van der Waals surface area contributed by atoms with E-state index in [4.69, 9.17) is 16.3 Å². The number of hydrogen-bond acceptors (Lipinski definition) is 5. The maximum atomic E-state index is 13.0. The van der Waals surface area contributed by atoms with Crippen LogP contribution in [0.25, 0.3) is 0 Å². The van der Waals surface area contributed by atoms with Gasteiger partial charge in [0, 0.05) is 28.6 Å². The maximum absolute atomic E-state index is 13.0. The molecule has 142 valence electrons. The van der Waals surface area contributed by atoms with Crippen molar-refractivity contribution >= 4 is 35.0 Å². The molecular formula is C21H18ClN3O2S. The molecular weight excluding hydrogens is 394 g/mol. The molecule has 0 N–H and O–H groups in total. The SMILES string of the molecule is COc1ccccc1[C@@H]1CC(=O)N2CN(c3cccc(Cl)c3)CSC2=C1C#N. The van der Waals surface area contributed by atoms with E-state index in [-0.39, 0.29) is 18.2 Å². The molecule has 1 saturated heterocycles. The molecule has 0 unspecified atom stereocenters. The second-order valence-corrected chi connectivity index (χ2v) is 7.96. The second kappa shape index (κ2) is 7.78. The fourth-order valence-corrected chi connectivity index (χ4v) is 4.97. The lowest BCUT2D eigenvalue weighted by Crippen LogP contribution is -2.47. The Hall–Kier alpha value is -2.62. The predicted molar refractivity (Wildman–Crippen MR) is 111 cm³/mol. The Balaban J connectivity index is 1.69. The van der Waals surface area contributed by atoms with Crippen LogP contribution < -0.4 is 9.64 Å². The zero-order chi connectivity index (χ0) is 19.7. The Bertz CT molecular complexity index is 1000. The highest BCUT2D eigenvalue weighted by molar-refractivity contribution is 8.03. The zero-order valence-corrected chi connectivity index (χ0v) is 16.8. The summed E-state index contributed by atoms with van der Waals surface area (Å²) in [7, 11) is 1.60. The van der Waals surface area contributed by atoms with E-state index in [0.717, 1.165) is 16.3 Å². The number of thioether (sulfide) groups is 1. The summed E-state index contributed by atoms with van der Waals surface area (Å²) < 4.78 is 5.46. The molecule has 0 aromatic heterocycles. The normalized spacial score (nSPS) is 19.3. The Morgan fingerprint density at radius 1 is 1.25 bits per heavy atom. The minimum Gasteiger partial charge on any atom is -0.496 e. The van der Waals surface area contributed by atoms with Crippen molar-refractivity contribution in [1.82, 2.24) is 4.90 Å². The van der Waals surface area contributed by atoms with Gasteiger partial charge in [0.25, 0.3) is 0 Å². The Morgan fingerprint density at radius 3 is 2.82 bits per heavy atom. The monoisotopic (exact) mass is 411 g/mol. The van der Waals surface area contributed by atoms with Gasteiger partial charge >= 0.3 is 0 Å². The van der Waals surface area contributed by atoms with Crippen molar-refractivity contribution in [2.24, 2.45) is 0 Å². The number of ether oxygens (including phenoxy) is 1. The molecule has 5 nitrogen and oxygen atoms in total. The molecule has 7 heteroatoms. The number of halogens is 1. The van der Waals surface area contributed by atoms with Crippen LogP contribution in [-0.2, 0) is 4.79 Å². The first-order valence-corrected chi connectivity index (χ1v) is 10.2. The highest BCUT2D eigenvalue weighted by Crippen LogP contribution is 2.45. The number of carbonyl (C=O) groups is 1. The summed E-state index contributed by atoms with van der Waals surface area (Å²) in [6.45, 7) is 0.408. The van der Waals surface area contributed by atoms with Crippen molar-refractivity contribution in [3.05, 3.63) is 69.7 Å². The van der Waals surface area contributed by atoms with Crippen molar-refractivity contribution in [1.29, 1.82) is 5.26 Å². The molecule has 0 aliphatic carbocycles. The van der Waals surface area contributed by atoms with E-state index in [1.165, 1.54) is 11.8 Å². The number of rotatable bonds is 3. The molecule has 2 aliphatic rings. The first-order chi connectivity index (χ1) is 13.6. The van der Waals surface area contributed by atoms with E-state index in [2.05, 4.69) is 11.0 Å². The number of benzene rings is 2. The van der Waals surface area contributed by atoms with Gasteiger partial charge in [0.05, 0.1) is 36.3 Å². The third-order valence-electron chi connectivity index (χ3n) is 4.98. The smallest absolute Gasteiger partial charge is 0.229 e. The average molecular weight is 412 g/mol. The summed E-state index contributed by atoms with van der Waals surface area (Å²) in [6.07, 6.45) is 0.247. The Morgan fingerprint density at radius 2 is 2.07 bits per heavy atom. The molecule has 2 heterocycles. The van der Waals surface area contributed by atoms with E-state index >= 15 is 0 Å². The van der Waals surface area contributed by atoms with E-state index in [1.807, 2.05) is 48.5 Å². The van der Waals surface area contributed by atoms with Crippen LogP contribution in [-0.4, -0.2) is 30.5 Å². The lowest BCUT2D eigenvalue weighted by molar-refractivity contribution is -0.129. The first-order valence-electron chi connectivity index (χ1n) is 8.83. The lowest BCUT2D eigenvalue weighted by Gasteiger charge is -2.42. The number of carbonyl (C=O) groups excluding carboxylic acids is 1. The van der Waals surface area contributed by atoms with Crippen molar-refractivity contribution in [2.75, 3.05) is 24.6 Å². The molecule has 1 atom stereocenters. The van der Waals surface area contributed by atoms with Crippen molar-refractivity contribution in [3.8, 4) is 11.8 Å². The van der Waals surface area contributed by atoms with Crippen molar-refractivity contribution in [2.45, 2.75) is 12.3 Å². The van der Waals surface area contributed by atoms with Gasteiger partial charge in [-0.3, -0.25) is 9.69 Å². The van der Waals surface area contributed by atoms with Gasteiger partial charge in [-0.15, -0.1) is 0 Å². The van der Waals surface area contributed by atoms with Crippen molar-refractivity contribution in [3.63, 3.8) is 0 Å². The summed E-state index contributed by atoms with van der Waals surface area (Å²) in [6, 6.07) is 17.5. The third kappa shape index (κ3) is 3.32. The number of fused-ring (bicyclic) bond motifs is 1. The Kier molecular flexibility index (Phi) is 5.21. The molecule has 2 aliphatic heterocycles. The average Bonchev–Trinajstić information content (AvgIpc) is 2.73. The summed E-state index contributed by atoms with van der Waals surface area (Å²) in [5.41, 5.74) is 2.46. The quantitative estimate of drug-likeness (QED) is 0.740. The fourth-order valence-electron chi connectivity index (χ4n) is 3.62. The highest BCUT2D eigenvalue weighted by Gasteiger charge is 2.39. The van der Waals surface area contributed by atoms with Gasteiger partial charge in [-0.05, 0) is 24.3 Å². The van der Waals surface area contributed by atoms with Gasteiger partial charge in [-0.1, -0.05) is 47.6 Å². The summed E-state index contributed by atoms with van der Waals surface area (Å²) in [5, 5.41) is 11.3. The van der Waals surface area contributed by atoms with Crippen LogP contribution in [0.2, 0.25) is 5.02 Å². The van der Waals surface area contributed by atoms with Gasteiger partial charge in [0.15, 0.2) is 0 Å². The largest absolute Gasteiger partial charge is 0.496 e. The summed E-state index contributed by atoms with van der Waals surface area (Å²) in [4.78, 5) is 16.8. The zero-order valence-electron chi connectivity index (χ0n) is 15.3. The van der Waals surface area contributed by atoms with Crippen LogP contribution in [0, 0.1) is 11.3 Å². The van der Waals surface area contributed by atoms with E-state index in [1.54, 1.807) is 12.0 Å². The van der Waals surface area contributed by atoms with Gasteiger partial charge in [-0.25, -0.2) is 0 Å². The molecule has 1 amide bonds. The van der Waals surface area contributed by atoms with E-state index in [9.17, 15) is 10.1 Å². The van der Waals surface area contributed by atoms with Gasteiger partial charge in [-0.2, -0.15) is 5.26 Å². The molecule has 2 aromatic rings. The van der Waals surface area contributed by atoms with Crippen LogP contribution >= 0.6 is 23.4 Å². The minimum absolute atomic E-state index is 0.00383. The molecule has 0 radical (unpaired) electrons. The fraction of sp³-hybridized carbons (Fsp3) is 0.238. The molecule has 1 fully saturated rings. The number of para-hydroxylation sites is 1.